The Bertz CT molecular complexity index is 955. The number of hydrogen-bond donors (Lipinski definition) is 0. The van der Waals surface area contributed by atoms with Gasteiger partial charge in [-0.05, 0) is 41.8 Å². The fourth-order valence-corrected chi connectivity index (χ4v) is 2.94. The highest BCUT2D eigenvalue weighted by Crippen LogP contribution is 2.32. The standard InChI is InChI=1S/C22H19N3/c1-2-17-8-10-18(11-9-17)21-16-25(20-6-4-3-5-7-20)24-22(21)19-12-14-23-15-13-19/h3-16H,2H2,1H3. The van der Waals surface area contributed by atoms with Crippen molar-refractivity contribution in [2.75, 3.05) is 0 Å². The molecule has 0 aliphatic heterocycles. The van der Waals surface area contributed by atoms with Crippen molar-refractivity contribution in [2.45, 2.75) is 13.3 Å². The van der Waals surface area contributed by atoms with Crippen LogP contribution in [0.15, 0.2) is 85.3 Å². The molecule has 0 N–H and O–H groups in total. The Kier molecular flexibility index (Phi) is 4.13. The van der Waals surface area contributed by atoms with Gasteiger partial charge in [-0.3, -0.25) is 4.98 Å². The van der Waals surface area contributed by atoms with Crippen LogP contribution in [0, 0.1) is 0 Å². The first-order chi connectivity index (χ1) is 12.3. The number of hydrogen-bond acceptors (Lipinski definition) is 2. The number of pyridine rings is 1. The predicted molar refractivity (Wildman–Crippen MR) is 102 cm³/mol. The van der Waals surface area contributed by atoms with E-state index in [1.54, 1.807) is 12.4 Å². The van der Waals surface area contributed by atoms with Gasteiger partial charge in [-0.15, -0.1) is 0 Å². The largest absolute Gasteiger partial charge is 0.265 e. The van der Waals surface area contributed by atoms with E-state index < -0.39 is 0 Å². The first-order valence-corrected chi connectivity index (χ1v) is 8.50. The average molecular weight is 325 g/mol. The van der Waals surface area contributed by atoms with Gasteiger partial charge in [-0.25, -0.2) is 4.68 Å². The Morgan fingerprint density at radius 3 is 2.20 bits per heavy atom. The molecule has 0 saturated carbocycles. The van der Waals surface area contributed by atoms with Crippen molar-refractivity contribution in [2.24, 2.45) is 0 Å². The lowest BCUT2D eigenvalue weighted by Gasteiger charge is -2.03. The Labute approximate surface area is 147 Å². The van der Waals surface area contributed by atoms with Crippen LogP contribution in [-0.2, 0) is 6.42 Å². The molecule has 0 radical (unpaired) electrons. The highest BCUT2D eigenvalue weighted by atomic mass is 15.3. The zero-order valence-electron chi connectivity index (χ0n) is 14.1. The second kappa shape index (κ2) is 6.73. The topological polar surface area (TPSA) is 30.7 Å². The molecule has 2 aromatic carbocycles. The monoisotopic (exact) mass is 325 g/mol. The average Bonchev–Trinajstić information content (AvgIpc) is 3.15. The molecule has 3 heteroatoms. The van der Waals surface area contributed by atoms with Crippen molar-refractivity contribution in [3.63, 3.8) is 0 Å². The maximum absolute atomic E-state index is 4.86. The van der Waals surface area contributed by atoms with Gasteiger partial charge in [0.25, 0.3) is 0 Å². The SMILES string of the molecule is CCc1ccc(-c2cn(-c3ccccc3)nc2-c2ccncc2)cc1. The third-order valence-corrected chi connectivity index (χ3v) is 4.36. The van der Waals surface area contributed by atoms with Gasteiger partial charge in [0, 0.05) is 29.7 Å². The van der Waals surface area contributed by atoms with Gasteiger partial charge >= 0.3 is 0 Å². The molecule has 0 aliphatic rings. The fraction of sp³-hybridized carbons (Fsp3) is 0.0909. The summed E-state index contributed by atoms with van der Waals surface area (Å²) in [7, 11) is 0. The summed E-state index contributed by atoms with van der Waals surface area (Å²) in [4.78, 5) is 4.13. The summed E-state index contributed by atoms with van der Waals surface area (Å²) >= 11 is 0. The quantitative estimate of drug-likeness (QED) is 0.518. The molecule has 0 bridgehead atoms. The molecule has 25 heavy (non-hydrogen) atoms. The molecule has 0 spiro atoms. The summed E-state index contributed by atoms with van der Waals surface area (Å²) in [5.41, 5.74) is 6.72. The number of para-hydroxylation sites is 1. The third kappa shape index (κ3) is 3.09. The molecular formula is C22H19N3. The van der Waals surface area contributed by atoms with Gasteiger partial charge in [0.2, 0.25) is 0 Å². The molecule has 3 nitrogen and oxygen atoms in total. The van der Waals surface area contributed by atoms with Crippen molar-refractivity contribution in [3.8, 4) is 28.1 Å². The van der Waals surface area contributed by atoms with Crippen LogP contribution in [0.2, 0.25) is 0 Å². The van der Waals surface area contributed by atoms with Crippen LogP contribution in [0.3, 0.4) is 0 Å². The van der Waals surface area contributed by atoms with Crippen molar-refractivity contribution >= 4 is 0 Å². The van der Waals surface area contributed by atoms with Gasteiger partial charge in [-0.1, -0.05) is 49.4 Å². The van der Waals surface area contributed by atoms with E-state index in [-0.39, 0.29) is 0 Å². The van der Waals surface area contributed by atoms with E-state index >= 15 is 0 Å². The van der Waals surface area contributed by atoms with Gasteiger partial charge in [0.1, 0.15) is 5.69 Å². The van der Waals surface area contributed by atoms with Crippen molar-refractivity contribution in [3.05, 3.63) is 90.9 Å². The minimum Gasteiger partial charge on any atom is -0.265 e. The molecule has 0 amide bonds. The van der Waals surface area contributed by atoms with E-state index in [0.29, 0.717) is 0 Å². The number of aromatic nitrogens is 3. The maximum atomic E-state index is 4.86. The van der Waals surface area contributed by atoms with Crippen LogP contribution < -0.4 is 0 Å². The highest BCUT2D eigenvalue weighted by Gasteiger charge is 2.14. The predicted octanol–water partition coefficient (Wildman–Crippen LogP) is 5.16. The van der Waals surface area contributed by atoms with Gasteiger partial charge in [0.05, 0.1) is 5.69 Å². The Balaban J connectivity index is 1.87. The normalized spacial score (nSPS) is 10.8. The Morgan fingerprint density at radius 2 is 1.52 bits per heavy atom. The minimum absolute atomic E-state index is 0.968. The molecule has 0 aliphatic carbocycles. The molecule has 2 aromatic heterocycles. The minimum atomic E-state index is 0.968. The van der Waals surface area contributed by atoms with Crippen LogP contribution in [0.5, 0.6) is 0 Å². The summed E-state index contributed by atoms with van der Waals surface area (Å²) in [6, 6.07) is 22.9. The van der Waals surface area contributed by atoms with E-state index in [1.807, 2.05) is 35.0 Å². The lowest BCUT2D eigenvalue weighted by molar-refractivity contribution is 0.884. The second-order valence-corrected chi connectivity index (χ2v) is 5.96. The number of benzene rings is 2. The molecular weight excluding hydrogens is 306 g/mol. The van der Waals surface area contributed by atoms with Gasteiger partial charge in [0.15, 0.2) is 0 Å². The summed E-state index contributed by atoms with van der Waals surface area (Å²) in [6.07, 6.45) is 6.76. The van der Waals surface area contributed by atoms with Crippen molar-refractivity contribution in [1.29, 1.82) is 0 Å². The van der Waals surface area contributed by atoms with Crippen molar-refractivity contribution in [1.82, 2.24) is 14.8 Å². The van der Waals surface area contributed by atoms with Crippen molar-refractivity contribution < 1.29 is 0 Å². The van der Waals surface area contributed by atoms with Gasteiger partial charge in [-0.2, -0.15) is 5.10 Å². The van der Waals surface area contributed by atoms with E-state index in [2.05, 4.69) is 54.5 Å². The zero-order valence-corrected chi connectivity index (χ0v) is 14.1. The summed E-state index contributed by atoms with van der Waals surface area (Å²) in [5.74, 6) is 0. The smallest absolute Gasteiger partial charge is 0.101 e. The van der Waals surface area contributed by atoms with E-state index in [0.717, 1.165) is 28.9 Å². The molecule has 0 unspecified atom stereocenters. The number of rotatable bonds is 4. The van der Waals surface area contributed by atoms with Crippen LogP contribution in [-0.4, -0.2) is 14.8 Å². The van der Waals surface area contributed by atoms with Crippen LogP contribution >= 0.6 is 0 Å². The van der Waals surface area contributed by atoms with E-state index in [9.17, 15) is 0 Å². The molecule has 2 heterocycles. The number of nitrogens with zero attached hydrogens (tertiary/aromatic N) is 3. The third-order valence-electron chi connectivity index (χ3n) is 4.36. The maximum Gasteiger partial charge on any atom is 0.101 e. The molecule has 0 saturated heterocycles. The molecule has 122 valence electrons. The lowest BCUT2D eigenvalue weighted by Crippen LogP contribution is -1.93. The Morgan fingerprint density at radius 1 is 0.800 bits per heavy atom. The molecule has 4 rings (SSSR count). The number of aryl methyl sites for hydroxylation is 1. The molecule has 4 aromatic rings. The second-order valence-electron chi connectivity index (χ2n) is 5.96. The first-order valence-electron chi connectivity index (χ1n) is 8.50. The molecule has 0 atom stereocenters. The molecule has 0 fully saturated rings. The first kappa shape index (κ1) is 15.3. The summed E-state index contributed by atoms with van der Waals surface area (Å²) < 4.78 is 1.94. The van der Waals surface area contributed by atoms with Crippen LogP contribution in [0.1, 0.15) is 12.5 Å². The van der Waals surface area contributed by atoms with E-state index in [1.165, 1.54) is 11.1 Å². The lowest BCUT2D eigenvalue weighted by atomic mass is 10.0. The van der Waals surface area contributed by atoms with Crippen LogP contribution in [0.4, 0.5) is 0 Å². The Hall–Kier alpha value is -3.20. The van der Waals surface area contributed by atoms with Gasteiger partial charge < -0.3 is 0 Å². The fourth-order valence-electron chi connectivity index (χ4n) is 2.94. The zero-order chi connectivity index (χ0) is 17.1. The van der Waals surface area contributed by atoms with E-state index in [4.69, 9.17) is 5.10 Å². The summed E-state index contributed by atoms with van der Waals surface area (Å²) in [5, 5.41) is 4.86. The highest BCUT2D eigenvalue weighted by molar-refractivity contribution is 5.80. The van der Waals surface area contributed by atoms with Crippen LogP contribution in [0.25, 0.3) is 28.1 Å². The summed E-state index contributed by atoms with van der Waals surface area (Å²) in [6.45, 7) is 2.17.